The van der Waals surface area contributed by atoms with Gasteiger partial charge in [0.2, 0.25) is 0 Å². The number of allylic oxidation sites excluding steroid dienone is 1. The summed E-state index contributed by atoms with van der Waals surface area (Å²) >= 11 is 0. The van der Waals surface area contributed by atoms with E-state index in [0.29, 0.717) is 0 Å². The smallest absolute Gasteiger partial charge is 0.313 e. The molecule has 1 N–H and O–H groups in total. The summed E-state index contributed by atoms with van der Waals surface area (Å²) in [4.78, 5) is 10.9. The molecule has 0 saturated carbocycles. The van der Waals surface area contributed by atoms with Crippen LogP contribution in [0.2, 0.25) is 0 Å². The van der Waals surface area contributed by atoms with Crippen molar-refractivity contribution in [1.29, 1.82) is 0 Å². The summed E-state index contributed by atoms with van der Waals surface area (Å²) in [5, 5.41) is 8.94. The van der Waals surface area contributed by atoms with E-state index in [-0.39, 0.29) is 0 Å². The third-order valence-corrected chi connectivity index (χ3v) is 2.07. The first-order valence-electron chi connectivity index (χ1n) is 4.44. The molecule has 0 fully saturated rings. The molecule has 0 heterocycles. The van der Waals surface area contributed by atoms with Crippen LogP contribution in [0.15, 0.2) is 12.2 Å². The fourth-order valence-electron chi connectivity index (χ4n) is 1.17. The highest BCUT2D eigenvalue weighted by Crippen LogP contribution is 2.26. The van der Waals surface area contributed by atoms with Crippen LogP contribution in [0.4, 0.5) is 0 Å². The fourth-order valence-corrected chi connectivity index (χ4v) is 1.17. The minimum atomic E-state index is -0.728. The average Bonchev–Trinajstić information content (AvgIpc) is 2.01. The molecular formula is C10H18O2. The lowest BCUT2D eigenvalue weighted by atomic mass is 9.85. The van der Waals surface area contributed by atoms with Crippen LogP contribution in [0.25, 0.3) is 0 Å². The summed E-state index contributed by atoms with van der Waals surface area (Å²) in [5.74, 6) is -0.728. The van der Waals surface area contributed by atoms with Gasteiger partial charge in [-0.15, -0.1) is 0 Å². The van der Waals surface area contributed by atoms with Crippen molar-refractivity contribution >= 4 is 5.97 Å². The van der Waals surface area contributed by atoms with Gasteiger partial charge in [0, 0.05) is 0 Å². The summed E-state index contributed by atoms with van der Waals surface area (Å²) in [6.45, 7) is 5.69. The molecule has 2 nitrogen and oxygen atoms in total. The molecule has 0 aromatic carbocycles. The van der Waals surface area contributed by atoms with E-state index < -0.39 is 11.4 Å². The SMILES string of the molecule is CC=CC(C)(CCCC)C(=O)O. The Morgan fingerprint density at radius 2 is 2.17 bits per heavy atom. The Hall–Kier alpha value is -0.790. The van der Waals surface area contributed by atoms with Crippen LogP contribution in [0, 0.1) is 5.41 Å². The first-order chi connectivity index (χ1) is 5.56. The maximum Gasteiger partial charge on any atom is 0.313 e. The van der Waals surface area contributed by atoms with E-state index in [2.05, 4.69) is 6.92 Å². The van der Waals surface area contributed by atoms with Crippen molar-refractivity contribution in [1.82, 2.24) is 0 Å². The summed E-state index contributed by atoms with van der Waals surface area (Å²) in [7, 11) is 0. The number of rotatable bonds is 5. The van der Waals surface area contributed by atoms with Gasteiger partial charge in [0.15, 0.2) is 0 Å². The zero-order chi connectivity index (χ0) is 9.61. The number of hydrogen-bond donors (Lipinski definition) is 1. The molecule has 0 amide bonds. The van der Waals surface area contributed by atoms with E-state index in [1.807, 2.05) is 13.0 Å². The van der Waals surface area contributed by atoms with Gasteiger partial charge in [-0.2, -0.15) is 0 Å². The molecule has 0 aliphatic rings. The molecule has 1 atom stereocenters. The molecule has 0 saturated heterocycles. The van der Waals surface area contributed by atoms with Crippen molar-refractivity contribution in [2.24, 2.45) is 5.41 Å². The molecule has 1 unspecified atom stereocenters. The monoisotopic (exact) mass is 170 g/mol. The zero-order valence-corrected chi connectivity index (χ0v) is 8.13. The van der Waals surface area contributed by atoms with Gasteiger partial charge in [-0.3, -0.25) is 4.79 Å². The van der Waals surface area contributed by atoms with Crippen molar-refractivity contribution in [3.63, 3.8) is 0 Å². The highest BCUT2D eigenvalue weighted by molar-refractivity contribution is 5.76. The van der Waals surface area contributed by atoms with Gasteiger partial charge < -0.3 is 5.11 Å². The fraction of sp³-hybridized carbons (Fsp3) is 0.700. The first-order valence-corrected chi connectivity index (χ1v) is 4.44. The molecular weight excluding hydrogens is 152 g/mol. The Bertz CT molecular complexity index is 173. The second kappa shape index (κ2) is 4.96. The maximum atomic E-state index is 10.9. The molecule has 0 aliphatic heterocycles. The number of aliphatic carboxylic acids is 1. The minimum Gasteiger partial charge on any atom is -0.481 e. The average molecular weight is 170 g/mol. The molecule has 70 valence electrons. The van der Waals surface area contributed by atoms with Crippen LogP contribution < -0.4 is 0 Å². The molecule has 0 radical (unpaired) electrons. The quantitative estimate of drug-likeness (QED) is 0.644. The van der Waals surface area contributed by atoms with Crippen molar-refractivity contribution in [2.75, 3.05) is 0 Å². The van der Waals surface area contributed by atoms with Crippen LogP contribution in [-0.4, -0.2) is 11.1 Å². The predicted octanol–water partition coefficient (Wildman–Crippen LogP) is 2.84. The summed E-state index contributed by atoms with van der Waals surface area (Å²) in [6.07, 6.45) is 6.31. The van der Waals surface area contributed by atoms with E-state index in [9.17, 15) is 4.79 Å². The number of unbranched alkanes of at least 4 members (excludes halogenated alkanes) is 1. The molecule has 12 heavy (non-hydrogen) atoms. The molecule has 0 aromatic heterocycles. The number of hydrogen-bond acceptors (Lipinski definition) is 1. The lowest BCUT2D eigenvalue weighted by Gasteiger charge is -2.19. The molecule has 0 bridgehead atoms. The second-order valence-electron chi connectivity index (χ2n) is 3.33. The molecule has 0 rings (SSSR count). The number of carboxylic acids is 1. The summed E-state index contributed by atoms with van der Waals surface area (Å²) < 4.78 is 0. The highest BCUT2D eigenvalue weighted by atomic mass is 16.4. The van der Waals surface area contributed by atoms with Gasteiger partial charge in [-0.1, -0.05) is 31.9 Å². The maximum absolute atomic E-state index is 10.9. The van der Waals surface area contributed by atoms with E-state index in [1.165, 1.54) is 0 Å². The minimum absolute atomic E-state index is 0.662. The molecule has 0 aliphatic carbocycles. The van der Waals surface area contributed by atoms with Crippen LogP contribution in [0.3, 0.4) is 0 Å². The van der Waals surface area contributed by atoms with Gasteiger partial charge in [0.1, 0.15) is 0 Å². The van der Waals surface area contributed by atoms with Crippen LogP contribution in [0.5, 0.6) is 0 Å². The number of carboxylic acid groups (broad SMARTS) is 1. The van der Waals surface area contributed by atoms with Crippen molar-refractivity contribution in [3.8, 4) is 0 Å². The van der Waals surface area contributed by atoms with E-state index in [0.717, 1.165) is 19.3 Å². The normalized spacial score (nSPS) is 16.2. The van der Waals surface area contributed by atoms with Gasteiger partial charge >= 0.3 is 5.97 Å². The Kier molecular flexibility index (Phi) is 4.64. The van der Waals surface area contributed by atoms with Crippen LogP contribution in [0.1, 0.15) is 40.0 Å². The van der Waals surface area contributed by atoms with Gasteiger partial charge in [-0.25, -0.2) is 0 Å². The Morgan fingerprint density at radius 1 is 1.58 bits per heavy atom. The molecule has 0 aromatic rings. The predicted molar refractivity (Wildman–Crippen MR) is 50.1 cm³/mol. The van der Waals surface area contributed by atoms with Crippen molar-refractivity contribution in [2.45, 2.75) is 40.0 Å². The topological polar surface area (TPSA) is 37.3 Å². The number of carbonyl (C=O) groups is 1. The third-order valence-electron chi connectivity index (χ3n) is 2.07. The largest absolute Gasteiger partial charge is 0.481 e. The van der Waals surface area contributed by atoms with Crippen molar-refractivity contribution in [3.05, 3.63) is 12.2 Å². The van der Waals surface area contributed by atoms with E-state index in [4.69, 9.17) is 5.11 Å². The summed E-state index contributed by atoms with van der Waals surface area (Å²) in [5.41, 5.74) is -0.662. The van der Waals surface area contributed by atoms with E-state index >= 15 is 0 Å². The first kappa shape index (κ1) is 11.2. The van der Waals surface area contributed by atoms with Gasteiger partial charge in [0.05, 0.1) is 5.41 Å². The highest BCUT2D eigenvalue weighted by Gasteiger charge is 2.28. The molecule has 0 spiro atoms. The third kappa shape index (κ3) is 3.07. The zero-order valence-electron chi connectivity index (χ0n) is 8.13. The standard InChI is InChI=1S/C10H18O2/c1-4-6-8-10(3,7-5-2)9(11)12/h5,7H,4,6,8H2,1-3H3,(H,11,12). The van der Waals surface area contributed by atoms with Crippen molar-refractivity contribution < 1.29 is 9.90 Å². The van der Waals surface area contributed by atoms with Crippen LogP contribution >= 0.6 is 0 Å². The van der Waals surface area contributed by atoms with Gasteiger partial charge in [-0.05, 0) is 20.3 Å². The Labute approximate surface area is 74.3 Å². The summed E-state index contributed by atoms with van der Waals surface area (Å²) in [6, 6.07) is 0. The Balaban J connectivity index is 4.29. The van der Waals surface area contributed by atoms with E-state index in [1.54, 1.807) is 13.0 Å². The Morgan fingerprint density at radius 3 is 2.50 bits per heavy atom. The lowest BCUT2D eigenvalue weighted by molar-refractivity contribution is -0.145. The van der Waals surface area contributed by atoms with Gasteiger partial charge in [0.25, 0.3) is 0 Å². The molecule has 2 heteroatoms. The second-order valence-corrected chi connectivity index (χ2v) is 3.33. The lowest BCUT2D eigenvalue weighted by Crippen LogP contribution is -2.24. The van der Waals surface area contributed by atoms with Crippen LogP contribution in [-0.2, 0) is 4.79 Å².